The third-order valence-corrected chi connectivity index (χ3v) is 4.86. The lowest BCUT2D eigenvalue weighted by atomic mass is 10.2. The summed E-state index contributed by atoms with van der Waals surface area (Å²) in [7, 11) is 2.07. The Morgan fingerprint density at radius 2 is 1.88 bits per heavy atom. The van der Waals surface area contributed by atoms with Gasteiger partial charge in [0.1, 0.15) is 6.07 Å². The Balaban J connectivity index is 1.43. The summed E-state index contributed by atoms with van der Waals surface area (Å²) >= 11 is 0. The van der Waals surface area contributed by atoms with Crippen molar-refractivity contribution in [3.8, 4) is 6.07 Å². The summed E-state index contributed by atoms with van der Waals surface area (Å²) in [6, 6.07) is 3.98. The maximum Gasteiger partial charge on any atom is 0.274 e. The van der Waals surface area contributed by atoms with Gasteiger partial charge in [0.05, 0.1) is 12.2 Å². The molecule has 9 nitrogen and oxygen atoms in total. The van der Waals surface area contributed by atoms with E-state index >= 15 is 0 Å². The van der Waals surface area contributed by atoms with E-state index in [0.717, 1.165) is 25.3 Å². The van der Waals surface area contributed by atoms with Crippen LogP contribution in [-0.2, 0) is 13.1 Å². The van der Waals surface area contributed by atoms with Gasteiger partial charge in [0, 0.05) is 51.7 Å². The largest absolute Gasteiger partial charge is 0.351 e. The van der Waals surface area contributed by atoms with Crippen LogP contribution in [0.2, 0.25) is 0 Å². The Hall–Kier alpha value is -2.99. The van der Waals surface area contributed by atoms with Crippen molar-refractivity contribution >= 4 is 11.7 Å². The lowest BCUT2D eigenvalue weighted by molar-refractivity contribution is 0.0739. The van der Waals surface area contributed by atoms with Gasteiger partial charge in [-0.1, -0.05) is 0 Å². The van der Waals surface area contributed by atoms with E-state index in [1.165, 1.54) is 6.20 Å². The van der Waals surface area contributed by atoms with Gasteiger partial charge in [0.15, 0.2) is 17.2 Å². The summed E-state index contributed by atoms with van der Waals surface area (Å²) in [4.78, 5) is 27.2. The van der Waals surface area contributed by atoms with E-state index in [4.69, 9.17) is 0 Å². The maximum atomic E-state index is 12.8. The van der Waals surface area contributed by atoms with Crippen LogP contribution in [0.1, 0.15) is 21.9 Å². The third kappa shape index (κ3) is 2.99. The van der Waals surface area contributed by atoms with E-state index in [1.807, 2.05) is 20.5 Å². The number of hydrogen-bond acceptors (Lipinski definition) is 7. The van der Waals surface area contributed by atoms with E-state index in [0.29, 0.717) is 43.4 Å². The first-order valence-corrected chi connectivity index (χ1v) is 8.66. The van der Waals surface area contributed by atoms with Gasteiger partial charge in [-0.25, -0.2) is 9.97 Å². The van der Waals surface area contributed by atoms with Gasteiger partial charge < -0.3 is 9.80 Å². The van der Waals surface area contributed by atoms with Gasteiger partial charge in [-0.15, -0.1) is 0 Å². The highest BCUT2D eigenvalue weighted by Gasteiger charge is 2.27. The molecule has 0 radical (unpaired) electrons. The molecular weight excluding hydrogens is 332 g/mol. The topological polar surface area (TPSA) is 94.2 Å². The van der Waals surface area contributed by atoms with Crippen molar-refractivity contribution < 1.29 is 4.79 Å². The normalized spacial score (nSPS) is 17.7. The highest BCUT2D eigenvalue weighted by molar-refractivity contribution is 5.92. The Labute approximate surface area is 151 Å². The number of carbonyl (C=O) groups is 1. The third-order valence-electron chi connectivity index (χ3n) is 4.86. The van der Waals surface area contributed by atoms with Gasteiger partial charge in [0.25, 0.3) is 5.91 Å². The fourth-order valence-corrected chi connectivity index (χ4v) is 3.43. The maximum absolute atomic E-state index is 12.8. The van der Waals surface area contributed by atoms with Gasteiger partial charge in [0.2, 0.25) is 0 Å². The molecular formula is C17H20N8O. The number of nitrogens with zero attached hydrogens (tertiary/aromatic N) is 8. The Morgan fingerprint density at radius 3 is 2.65 bits per heavy atom. The number of piperazine rings is 1. The van der Waals surface area contributed by atoms with E-state index in [-0.39, 0.29) is 5.91 Å². The molecule has 1 fully saturated rings. The van der Waals surface area contributed by atoms with E-state index in [2.05, 4.69) is 33.1 Å². The first-order valence-electron chi connectivity index (χ1n) is 8.66. The Morgan fingerprint density at radius 1 is 1.12 bits per heavy atom. The number of nitriles is 1. The summed E-state index contributed by atoms with van der Waals surface area (Å²) in [6.07, 6.45) is 3.10. The molecule has 0 bridgehead atoms. The summed E-state index contributed by atoms with van der Waals surface area (Å²) in [5.41, 5.74) is 1.91. The highest BCUT2D eigenvalue weighted by Crippen LogP contribution is 2.18. The zero-order valence-corrected chi connectivity index (χ0v) is 14.7. The molecule has 0 aromatic carbocycles. The molecule has 1 saturated heterocycles. The van der Waals surface area contributed by atoms with Crippen LogP contribution < -0.4 is 4.90 Å². The fraction of sp³-hybridized carbons (Fsp3) is 0.471. The lowest BCUT2D eigenvalue weighted by Crippen LogP contribution is -2.49. The van der Waals surface area contributed by atoms with Crippen molar-refractivity contribution in [3.63, 3.8) is 0 Å². The monoisotopic (exact) mass is 352 g/mol. The molecule has 26 heavy (non-hydrogen) atoms. The summed E-state index contributed by atoms with van der Waals surface area (Å²) in [5, 5.41) is 13.7. The molecule has 4 heterocycles. The van der Waals surface area contributed by atoms with Crippen molar-refractivity contribution in [2.24, 2.45) is 0 Å². The van der Waals surface area contributed by atoms with Crippen LogP contribution in [0.25, 0.3) is 0 Å². The number of rotatable bonds is 2. The summed E-state index contributed by atoms with van der Waals surface area (Å²) in [5.74, 6) is 0.552. The molecule has 0 unspecified atom stereocenters. The predicted molar refractivity (Wildman–Crippen MR) is 93.4 cm³/mol. The van der Waals surface area contributed by atoms with Crippen LogP contribution in [0.3, 0.4) is 0 Å². The molecule has 1 amide bonds. The minimum atomic E-state index is -0.0335. The average molecular weight is 352 g/mol. The second kappa shape index (κ2) is 6.72. The second-order valence-electron chi connectivity index (χ2n) is 6.60. The van der Waals surface area contributed by atoms with Crippen LogP contribution >= 0.6 is 0 Å². The summed E-state index contributed by atoms with van der Waals surface area (Å²) < 4.78 is 1.93. The SMILES string of the molecule is CN1CCn2nc(C(=O)N3CCN(c4nccnc4C#N)CC3)cc2C1. The smallest absolute Gasteiger partial charge is 0.274 e. The van der Waals surface area contributed by atoms with E-state index < -0.39 is 0 Å². The Kier molecular flexibility index (Phi) is 4.26. The van der Waals surface area contributed by atoms with Crippen molar-refractivity contribution in [1.29, 1.82) is 5.26 Å². The number of aromatic nitrogens is 4. The zero-order chi connectivity index (χ0) is 18.1. The minimum absolute atomic E-state index is 0.0335. The number of amides is 1. The first kappa shape index (κ1) is 16.5. The predicted octanol–water partition coefficient (Wildman–Crippen LogP) is -0.0474. The van der Waals surface area contributed by atoms with Crippen LogP contribution in [0, 0.1) is 11.3 Å². The zero-order valence-electron chi connectivity index (χ0n) is 14.7. The van der Waals surface area contributed by atoms with Gasteiger partial charge in [-0.3, -0.25) is 14.4 Å². The molecule has 134 valence electrons. The molecule has 2 aliphatic heterocycles. The molecule has 0 saturated carbocycles. The minimum Gasteiger partial charge on any atom is -0.351 e. The molecule has 2 aromatic rings. The Bertz CT molecular complexity index is 862. The van der Waals surface area contributed by atoms with E-state index in [1.54, 1.807) is 6.20 Å². The first-order chi connectivity index (χ1) is 12.7. The molecule has 9 heteroatoms. The highest BCUT2D eigenvalue weighted by atomic mass is 16.2. The molecule has 0 spiro atoms. The number of hydrogen-bond donors (Lipinski definition) is 0. The van der Waals surface area contributed by atoms with Crippen molar-refractivity contribution in [3.05, 3.63) is 35.5 Å². The van der Waals surface area contributed by atoms with E-state index in [9.17, 15) is 10.1 Å². The van der Waals surface area contributed by atoms with Crippen LogP contribution in [0.5, 0.6) is 0 Å². The standard InChI is InChI=1S/C17H20N8O/c1-22-4-9-25-13(12-22)10-14(21-25)17(26)24-7-5-23(6-8-24)16-15(11-18)19-2-3-20-16/h2-3,10H,4-9,12H2,1H3. The van der Waals surface area contributed by atoms with Gasteiger partial charge >= 0.3 is 0 Å². The molecule has 2 aromatic heterocycles. The lowest BCUT2D eigenvalue weighted by Gasteiger charge is -2.35. The molecule has 4 rings (SSSR count). The van der Waals surface area contributed by atoms with Crippen LogP contribution in [0.15, 0.2) is 18.5 Å². The van der Waals surface area contributed by atoms with Crippen molar-refractivity contribution in [2.45, 2.75) is 13.1 Å². The molecule has 0 aliphatic carbocycles. The van der Waals surface area contributed by atoms with Crippen LogP contribution in [0.4, 0.5) is 5.82 Å². The van der Waals surface area contributed by atoms with Gasteiger partial charge in [-0.05, 0) is 13.1 Å². The molecule has 0 N–H and O–H groups in total. The van der Waals surface area contributed by atoms with Crippen molar-refractivity contribution in [1.82, 2.24) is 29.5 Å². The number of likely N-dealkylation sites (N-methyl/N-ethyl adjacent to an activating group) is 1. The number of fused-ring (bicyclic) bond motifs is 1. The number of carbonyl (C=O) groups excluding carboxylic acids is 1. The number of anilines is 1. The molecule has 2 aliphatic rings. The average Bonchev–Trinajstić information content (AvgIpc) is 3.10. The second-order valence-corrected chi connectivity index (χ2v) is 6.60. The molecule has 0 atom stereocenters. The summed E-state index contributed by atoms with van der Waals surface area (Å²) in [6.45, 7) is 4.96. The van der Waals surface area contributed by atoms with Crippen LogP contribution in [-0.4, -0.2) is 75.2 Å². The van der Waals surface area contributed by atoms with Crippen molar-refractivity contribution in [2.75, 3.05) is 44.7 Å². The fourth-order valence-electron chi connectivity index (χ4n) is 3.43. The quantitative estimate of drug-likeness (QED) is 0.748. The van der Waals surface area contributed by atoms with Gasteiger partial charge in [-0.2, -0.15) is 10.4 Å².